The first-order chi connectivity index (χ1) is 15.9. The van der Waals surface area contributed by atoms with Crippen molar-refractivity contribution in [1.82, 2.24) is 20.4 Å². The van der Waals surface area contributed by atoms with Crippen LogP contribution in [-0.4, -0.2) is 68.2 Å². The molecule has 1 heterocycles. The van der Waals surface area contributed by atoms with Crippen molar-refractivity contribution in [1.29, 1.82) is 0 Å². The number of amides is 3. The number of rotatable bonds is 7. The predicted molar refractivity (Wildman–Crippen MR) is 131 cm³/mol. The molecule has 1 aliphatic heterocycles. The van der Waals surface area contributed by atoms with Crippen LogP contribution in [0.1, 0.15) is 57.1 Å². The van der Waals surface area contributed by atoms with Crippen molar-refractivity contribution in [2.75, 3.05) is 40.3 Å². The number of halogens is 1. The quantitative estimate of drug-likeness (QED) is 0.597. The molecule has 0 bridgehead atoms. The standard InChI is InChI=1S/C25H39ClN4O3/c1-18-8-4-5-12-22(18)29(3)15-13-28-24(31)30-14-7-10-20(17-30)23(33-25(32)27-2)19-9-6-11-21(26)16-19/h6,9,11,16,18,20,22-23H,4-5,7-8,10,12-15,17H2,1-3H3,(H,27,32)(H,28,31)/t18-,20-,22?,23+/m1/s1. The zero-order chi connectivity index (χ0) is 23.8. The summed E-state index contributed by atoms with van der Waals surface area (Å²) >= 11 is 6.19. The second-order valence-corrected chi connectivity index (χ2v) is 9.96. The molecule has 4 atom stereocenters. The molecule has 1 aromatic rings. The highest BCUT2D eigenvalue weighted by molar-refractivity contribution is 6.30. The monoisotopic (exact) mass is 478 g/mol. The normalized spacial score (nSPS) is 24.3. The fraction of sp³-hybridized carbons (Fsp3) is 0.680. The van der Waals surface area contributed by atoms with Crippen molar-refractivity contribution in [3.63, 3.8) is 0 Å². The molecule has 3 amide bonds. The van der Waals surface area contributed by atoms with E-state index in [0.717, 1.165) is 24.9 Å². The number of piperidine rings is 1. The molecular formula is C25H39ClN4O3. The number of likely N-dealkylation sites (N-methyl/N-ethyl adjacent to an activating group) is 1. The molecule has 7 nitrogen and oxygen atoms in total. The van der Waals surface area contributed by atoms with E-state index in [1.165, 1.54) is 25.7 Å². The SMILES string of the molecule is CNC(=O)O[C@@H](c1cccc(Cl)c1)[C@@H]1CCCN(C(=O)NCCN(C)C2CCCC[C@H]2C)C1. The van der Waals surface area contributed by atoms with E-state index < -0.39 is 12.2 Å². The fourth-order valence-corrected chi connectivity index (χ4v) is 5.50. The van der Waals surface area contributed by atoms with Crippen LogP contribution in [0.3, 0.4) is 0 Å². The average molecular weight is 479 g/mol. The van der Waals surface area contributed by atoms with Gasteiger partial charge in [-0.3, -0.25) is 0 Å². The van der Waals surface area contributed by atoms with Crippen LogP contribution in [0, 0.1) is 11.8 Å². The number of likely N-dealkylation sites (tertiary alicyclic amines) is 1. The molecule has 2 fully saturated rings. The third kappa shape index (κ3) is 7.24. The van der Waals surface area contributed by atoms with Crippen LogP contribution >= 0.6 is 11.6 Å². The minimum Gasteiger partial charge on any atom is -0.441 e. The molecule has 3 rings (SSSR count). The fourth-order valence-electron chi connectivity index (χ4n) is 5.30. The maximum Gasteiger partial charge on any atom is 0.407 e. The Morgan fingerprint density at radius 3 is 2.76 bits per heavy atom. The summed E-state index contributed by atoms with van der Waals surface area (Å²) < 4.78 is 5.72. The van der Waals surface area contributed by atoms with Crippen molar-refractivity contribution >= 4 is 23.7 Å². The predicted octanol–water partition coefficient (Wildman–Crippen LogP) is 4.67. The minimum atomic E-state index is -0.485. The number of benzene rings is 1. The van der Waals surface area contributed by atoms with E-state index in [4.69, 9.17) is 16.3 Å². The number of carbonyl (C=O) groups excluding carboxylic acids is 2. The first-order valence-electron chi connectivity index (χ1n) is 12.3. The molecule has 33 heavy (non-hydrogen) atoms. The molecule has 184 valence electrons. The first kappa shape index (κ1) is 25.6. The molecule has 0 aromatic heterocycles. The molecule has 0 radical (unpaired) electrons. The molecule has 1 aliphatic carbocycles. The van der Waals surface area contributed by atoms with Gasteiger partial charge in [0.1, 0.15) is 6.10 Å². The van der Waals surface area contributed by atoms with Gasteiger partial charge in [0, 0.05) is 50.2 Å². The summed E-state index contributed by atoms with van der Waals surface area (Å²) in [4.78, 5) is 29.2. The van der Waals surface area contributed by atoms with Gasteiger partial charge in [-0.15, -0.1) is 0 Å². The van der Waals surface area contributed by atoms with Crippen molar-refractivity contribution in [2.45, 2.75) is 57.6 Å². The van der Waals surface area contributed by atoms with Gasteiger partial charge in [-0.2, -0.15) is 0 Å². The minimum absolute atomic E-state index is 0.00558. The summed E-state index contributed by atoms with van der Waals surface area (Å²) in [6.45, 7) is 5.06. The molecule has 1 saturated carbocycles. The zero-order valence-corrected chi connectivity index (χ0v) is 20.9. The van der Waals surface area contributed by atoms with Gasteiger partial charge < -0.3 is 25.2 Å². The molecule has 1 saturated heterocycles. The average Bonchev–Trinajstić information content (AvgIpc) is 2.82. The van der Waals surface area contributed by atoms with Crippen molar-refractivity contribution in [3.8, 4) is 0 Å². The van der Waals surface area contributed by atoms with Gasteiger partial charge in [0.15, 0.2) is 0 Å². The Morgan fingerprint density at radius 1 is 1.24 bits per heavy atom. The Bertz CT molecular complexity index is 793. The van der Waals surface area contributed by atoms with Crippen LogP contribution in [0.2, 0.25) is 5.02 Å². The van der Waals surface area contributed by atoms with Crippen molar-refractivity contribution < 1.29 is 14.3 Å². The molecule has 2 aliphatic rings. The van der Waals surface area contributed by atoms with Crippen LogP contribution < -0.4 is 10.6 Å². The van der Waals surface area contributed by atoms with Crippen LogP contribution in [0.4, 0.5) is 9.59 Å². The van der Waals surface area contributed by atoms with Crippen LogP contribution in [-0.2, 0) is 4.74 Å². The molecular weight excluding hydrogens is 440 g/mol. The zero-order valence-electron chi connectivity index (χ0n) is 20.2. The van der Waals surface area contributed by atoms with Crippen molar-refractivity contribution in [2.24, 2.45) is 11.8 Å². The van der Waals surface area contributed by atoms with Gasteiger partial charge >= 0.3 is 12.1 Å². The first-order valence-corrected chi connectivity index (χ1v) is 12.6. The highest BCUT2D eigenvalue weighted by atomic mass is 35.5. The van der Waals surface area contributed by atoms with E-state index in [1.807, 2.05) is 23.1 Å². The van der Waals surface area contributed by atoms with E-state index in [2.05, 4.69) is 29.5 Å². The van der Waals surface area contributed by atoms with Gasteiger partial charge in [0.25, 0.3) is 0 Å². The van der Waals surface area contributed by atoms with Crippen molar-refractivity contribution in [3.05, 3.63) is 34.9 Å². The molecule has 2 N–H and O–H groups in total. The Hall–Kier alpha value is -1.99. The Kier molecular flexibility index (Phi) is 9.68. The molecule has 1 unspecified atom stereocenters. The lowest BCUT2D eigenvalue weighted by molar-refractivity contribution is 0.0354. The number of nitrogens with zero attached hydrogens (tertiary/aromatic N) is 2. The van der Waals surface area contributed by atoms with E-state index in [-0.39, 0.29) is 11.9 Å². The van der Waals surface area contributed by atoms with Crippen LogP contribution in [0.25, 0.3) is 0 Å². The lowest BCUT2D eigenvalue weighted by Gasteiger charge is -2.37. The Morgan fingerprint density at radius 2 is 2.03 bits per heavy atom. The summed E-state index contributed by atoms with van der Waals surface area (Å²) in [6.07, 6.45) is 5.97. The third-order valence-corrected chi connectivity index (χ3v) is 7.40. The van der Waals surface area contributed by atoms with Gasteiger partial charge in [-0.05, 0) is 56.3 Å². The van der Waals surface area contributed by atoms with E-state index in [0.29, 0.717) is 36.6 Å². The lowest BCUT2D eigenvalue weighted by atomic mass is 9.85. The second kappa shape index (κ2) is 12.5. The molecule has 0 spiro atoms. The molecule has 1 aromatic carbocycles. The Balaban J connectivity index is 1.56. The maximum atomic E-state index is 12.9. The number of nitrogens with one attached hydrogen (secondary N) is 2. The second-order valence-electron chi connectivity index (χ2n) is 9.52. The van der Waals surface area contributed by atoms with Gasteiger partial charge in [0.2, 0.25) is 0 Å². The van der Waals surface area contributed by atoms with E-state index >= 15 is 0 Å². The van der Waals surface area contributed by atoms with Crippen LogP contribution in [0.5, 0.6) is 0 Å². The summed E-state index contributed by atoms with van der Waals surface area (Å²) in [5.41, 5.74) is 0.849. The number of hydrogen-bond donors (Lipinski definition) is 2. The number of alkyl carbamates (subject to hydrolysis) is 1. The highest BCUT2D eigenvalue weighted by Gasteiger charge is 2.33. The van der Waals surface area contributed by atoms with Gasteiger partial charge in [-0.25, -0.2) is 9.59 Å². The number of carbonyl (C=O) groups is 2. The number of urea groups is 1. The van der Waals surface area contributed by atoms with Gasteiger partial charge in [0.05, 0.1) is 0 Å². The largest absolute Gasteiger partial charge is 0.441 e. The smallest absolute Gasteiger partial charge is 0.407 e. The highest BCUT2D eigenvalue weighted by Crippen LogP contribution is 2.34. The maximum absolute atomic E-state index is 12.9. The van der Waals surface area contributed by atoms with Gasteiger partial charge in [-0.1, -0.05) is 43.5 Å². The van der Waals surface area contributed by atoms with Crippen LogP contribution in [0.15, 0.2) is 24.3 Å². The van der Waals surface area contributed by atoms with E-state index in [1.54, 1.807) is 13.1 Å². The third-order valence-electron chi connectivity index (χ3n) is 7.16. The van der Waals surface area contributed by atoms with E-state index in [9.17, 15) is 9.59 Å². The summed E-state index contributed by atoms with van der Waals surface area (Å²) in [7, 11) is 3.71. The summed E-state index contributed by atoms with van der Waals surface area (Å²) in [5, 5.41) is 6.23. The number of hydrogen-bond acceptors (Lipinski definition) is 4. The molecule has 8 heteroatoms. The number of ether oxygens (including phenoxy) is 1. The topological polar surface area (TPSA) is 73.9 Å². The Labute approximate surface area is 203 Å². The summed E-state index contributed by atoms with van der Waals surface area (Å²) in [6, 6.07) is 7.96. The lowest BCUT2D eigenvalue weighted by Crippen LogP contribution is -2.49. The summed E-state index contributed by atoms with van der Waals surface area (Å²) in [5.74, 6) is 0.720.